The van der Waals surface area contributed by atoms with Gasteiger partial charge in [-0.05, 0) is 39.9 Å². The van der Waals surface area contributed by atoms with Crippen LogP contribution in [0.2, 0.25) is 0 Å². The first-order valence-corrected chi connectivity index (χ1v) is 8.32. The van der Waals surface area contributed by atoms with E-state index < -0.39 is 29.6 Å². The molecule has 0 saturated carbocycles. The Hall–Kier alpha value is -0.590. The molecule has 130 valence electrons. The molecule has 0 saturated heterocycles. The van der Waals surface area contributed by atoms with Crippen molar-refractivity contribution in [3.63, 3.8) is 0 Å². The molecule has 0 aromatic heterocycles. The number of Topliss-reactive ketones (excluding diaryl/α,β-unsaturated/α-hetero) is 1. The molecule has 0 rings (SSSR count). The number of hydrogen-bond donors (Lipinski definition) is 3. The standard InChI is InChI=1S/C16H32N2O3S/c1-10(18-16(5,6)7)14(20)21-11(8-9-22)12(17)13(19)15(2,3)4/h10-12,18,22H,8-9,17H2,1-7H3. The van der Waals surface area contributed by atoms with Crippen molar-refractivity contribution in [1.29, 1.82) is 0 Å². The van der Waals surface area contributed by atoms with Crippen molar-refractivity contribution in [3.05, 3.63) is 0 Å². The number of rotatable bonds is 7. The third kappa shape index (κ3) is 7.61. The highest BCUT2D eigenvalue weighted by molar-refractivity contribution is 7.80. The van der Waals surface area contributed by atoms with E-state index in [1.807, 2.05) is 20.8 Å². The summed E-state index contributed by atoms with van der Waals surface area (Å²) in [6.07, 6.45) is -0.207. The fourth-order valence-electron chi connectivity index (χ4n) is 2.07. The number of nitrogens with two attached hydrogens (primary N) is 1. The highest BCUT2D eigenvalue weighted by Gasteiger charge is 2.35. The van der Waals surface area contributed by atoms with Crippen LogP contribution in [0.3, 0.4) is 0 Å². The van der Waals surface area contributed by atoms with Gasteiger partial charge < -0.3 is 10.5 Å². The van der Waals surface area contributed by atoms with E-state index in [9.17, 15) is 9.59 Å². The van der Waals surface area contributed by atoms with Crippen molar-refractivity contribution in [2.24, 2.45) is 11.1 Å². The zero-order chi connectivity index (χ0) is 17.7. The van der Waals surface area contributed by atoms with Crippen molar-refractivity contribution in [3.8, 4) is 0 Å². The van der Waals surface area contributed by atoms with Gasteiger partial charge in [-0.2, -0.15) is 12.6 Å². The number of esters is 1. The molecule has 0 amide bonds. The van der Waals surface area contributed by atoms with Crippen molar-refractivity contribution in [2.75, 3.05) is 5.75 Å². The molecule has 5 nitrogen and oxygen atoms in total. The van der Waals surface area contributed by atoms with Gasteiger partial charge in [-0.3, -0.25) is 14.9 Å². The molecule has 0 aromatic rings. The Kier molecular flexibility index (Phi) is 8.09. The lowest BCUT2D eigenvalue weighted by Gasteiger charge is -2.30. The predicted molar refractivity (Wildman–Crippen MR) is 93.1 cm³/mol. The van der Waals surface area contributed by atoms with Crippen LogP contribution in [-0.4, -0.2) is 41.2 Å². The molecule has 0 aliphatic carbocycles. The molecule has 0 spiro atoms. The van der Waals surface area contributed by atoms with Crippen molar-refractivity contribution < 1.29 is 14.3 Å². The molecular weight excluding hydrogens is 300 g/mol. The van der Waals surface area contributed by atoms with E-state index in [2.05, 4.69) is 17.9 Å². The van der Waals surface area contributed by atoms with Crippen LogP contribution in [0.4, 0.5) is 0 Å². The number of carbonyl (C=O) groups is 2. The summed E-state index contributed by atoms with van der Waals surface area (Å²) in [6.45, 7) is 13.1. The largest absolute Gasteiger partial charge is 0.459 e. The summed E-state index contributed by atoms with van der Waals surface area (Å²) in [4.78, 5) is 24.5. The monoisotopic (exact) mass is 332 g/mol. The maximum absolute atomic E-state index is 12.3. The van der Waals surface area contributed by atoms with Crippen molar-refractivity contribution >= 4 is 24.4 Å². The van der Waals surface area contributed by atoms with Crippen molar-refractivity contribution in [1.82, 2.24) is 5.32 Å². The van der Waals surface area contributed by atoms with Gasteiger partial charge in [0.1, 0.15) is 18.2 Å². The van der Waals surface area contributed by atoms with E-state index in [1.165, 1.54) is 0 Å². The van der Waals surface area contributed by atoms with E-state index in [0.29, 0.717) is 12.2 Å². The van der Waals surface area contributed by atoms with E-state index >= 15 is 0 Å². The van der Waals surface area contributed by atoms with E-state index in [-0.39, 0.29) is 11.3 Å². The van der Waals surface area contributed by atoms with Crippen LogP contribution >= 0.6 is 12.6 Å². The van der Waals surface area contributed by atoms with Gasteiger partial charge in [-0.1, -0.05) is 20.8 Å². The zero-order valence-electron chi connectivity index (χ0n) is 14.9. The first-order valence-electron chi connectivity index (χ1n) is 7.68. The SMILES string of the molecule is CC(NC(C)(C)C)C(=O)OC(CCS)C(N)C(=O)C(C)(C)C. The molecule has 0 radical (unpaired) electrons. The minimum absolute atomic E-state index is 0.122. The third-order valence-electron chi connectivity index (χ3n) is 3.13. The lowest BCUT2D eigenvalue weighted by molar-refractivity contribution is -0.154. The highest BCUT2D eigenvalue weighted by Crippen LogP contribution is 2.20. The fraction of sp³-hybridized carbons (Fsp3) is 0.875. The molecule has 0 aliphatic rings. The molecule has 3 atom stereocenters. The Morgan fingerprint density at radius 2 is 1.68 bits per heavy atom. The number of ketones is 1. The normalized spacial score (nSPS) is 16.8. The van der Waals surface area contributed by atoms with Gasteiger partial charge in [0.2, 0.25) is 0 Å². The summed E-state index contributed by atoms with van der Waals surface area (Å²) in [5.41, 5.74) is 5.25. The van der Waals surface area contributed by atoms with E-state index in [4.69, 9.17) is 10.5 Å². The van der Waals surface area contributed by atoms with Crippen LogP contribution in [0.15, 0.2) is 0 Å². The lowest BCUT2D eigenvalue weighted by Crippen LogP contribution is -2.52. The minimum Gasteiger partial charge on any atom is -0.459 e. The molecule has 22 heavy (non-hydrogen) atoms. The minimum atomic E-state index is -0.835. The predicted octanol–water partition coefficient (Wildman–Crippen LogP) is 1.94. The number of ether oxygens (including phenoxy) is 1. The molecule has 0 aliphatic heterocycles. The van der Waals surface area contributed by atoms with Crippen LogP contribution in [0, 0.1) is 5.41 Å². The Balaban J connectivity index is 4.91. The topological polar surface area (TPSA) is 81.4 Å². The second kappa shape index (κ2) is 8.31. The maximum Gasteiger partial charge on any atom is 0.323 e. The quantitative estimate of drug-likeness (QED) is 0.490. The highest BCUT2D eigenvalue weighted by atomic mass is 32.1. The van der Waals surface area contributed by atoms with Gasteiger partial charge in [-0.15, -0.1) is 0 Å². The van der Waals surface area contributed by atoms with Crippen LogP contribution < -0.4 is 11.1 Å². The first kappa shape index (κ1) is 21.4. The van der Waals surface area contributed by atoms with Crippen molar-refractivity contribution in [2.45, 2.75) is 78.6 Å². The zero-order valence-corrected chi connectivity index (χ0v) is 15.8. The lowest BCUT2D eigenvalue weighted by atomic mass is 9.84. The summed E-state index contributed by atoms with van der Waals surface area (Å²) in [6, 6.07) is -1.31. The number of hydrogen-bond acceptors (Lipinski definition) is 6. The number of nitrogens with one attached hydrogen (secondary N) is 1. The average molecular weight is 333 g/mol. The molecule has 0 bridgehead atoms. The van der Waals surface area contributed by atoms with Crippen LogP contribution in [0.25, 0.3) is 0 Å². The molecule has 6 heteroatoms. The van der Waals surface area contributed by atoms with E-state index in [1.54, 1.807) is 27.7 Å². The van der Waals surface area contributed by atoms with Gasteiger partial charge in [0, 0.05) is 11.0 Å². The molecular formula is C16H32N2O3S. The summed E-state index contributed by atoms with van der Waals surface area (Å²) in [5.74, 6) is -0.0353. The Morgan fingerprint density at radius 1 is 1.18 bits per heavy atom. The van der Waals surface area contributed by atoms with Gasteiger partial charge in [0.05, 0.1) is 0 Å². The Bertz CT molecular complexity index is 386. The summed E-state index contributed by atoms with van der Waals surface area (Å²) >= 11 is 4.16. The number of carbonyl (C=O) groups excluding carboxylic acids is 2. The number of thiol groups is 1. The molecule has 3 unspecified atom stereocenters. The second-order valence-electron chi connectivity index (χ2n) is 7.74. The fourth-order valence-corrected chi connectivity index (χ4v) is 2.32. The van der Waals surface area contributed by atoms with Gasteiger partial charge in [0.25, 0.3) is 0 Å². The van der Waals surface area contributed by atoms with Gasteiger partial charge in [0.15, 0.2) is 5.78 Å². The van der Waals surface area contributed by atoms with E-state index in [0.717, 1.165) is 0 Å². The summed E-state index contributed by atoms with van der Waals surface area (Å²) in [7, 11) is 0. The summed E-state index contributed by atoms with van der Waals surface area (Å²) < 4.78 is 5.48. The van der Waals surface area contributed by atoms with Gasteiger partial charge >= 0.3 is 5.97 Å². The Morgan fingerprint density at radius 3 is 2.05 bits per heavy atom. The first-order chi connectivity index (χ1) is 9.79. The third-order valence-corrected chi connectivity index (χ3v) is 3.38. The smallest absolute Gasteiger partial charge is 0.323 e. The van der Waals surface area contributed by atoms with Crippen LogP contribution in [-0.2, 0) is 14.3 Å². The molecule has 0 heterocycles. The van der Waals surface area contributed by atoms with Crippen LogP contribution in [0.5, 0.6) is 0 Å². The van der Waals surface area contributed by atoms with Gasteiger partial charge in [-0.25, -0.2) is 0 Å². The molecule has 0 fully saturated rings. The Labute approximate surface area is 140 Å². The molecule has 0 aromatic carbocycles. The summed E-state index contributed by atoms with van der Waals surface area (Å²) in [5, 5.41) is 3.15. The van der Waals surface area contributed by atoms with Crippen LogP contribution in [0.1, 0.15) is 54.9 Å². The maximum atomic E-state index is 12.3. The second-order valence-corrected chi connectivity index (χ2v) is 8.19. The molecule has 3 N–H and O–H groups in total. The average Bonchev–Trinajstić information content (AvgIpc) is 2.33.